The van der Waals surface area contributed by atoms with Crippen LogP contribution in [0, 0.1) is 0 Å². The highest BCUT2D eigenvalue weighted by Gasteiger charge is 2.51. The van der Waals surface area contributed by atoms with Crippen molar-refractivity contribution in [1.29, 1.82) is 0 Å². The summed E-state index contributed by atoms with van der Waals surface area (Å²) in [6.45, 7) is 12.6. The van der Waals surface area contributed by atoms with Crippen molar-refractivity contribution in [1.82, 2.24) is 0 Å². The SMILES string of the molecule is C=C/C=C\C1=C(C)C(=C)/C(=C\C=C/C)C12c1ccccc1Sc1c(Br)cccc12. The van der Waals surface area contributed by atoms with E-state index in [1.54, 1.807) is 0 Å². The Hall–Kier alpha value is -2.29. The number of halogens is 1. The highest BCUT2D eigenvalue weighted by Crippen LogP contribution is 2.63. The molecule has 0 fully saturated rings. The lowest BCUT2D eigenvalue weighted by atomic mass is 9.66. The van der Waals surface area contributed by atoms with Crippen LogP contribution in [0.2, 0.25) is 0 Å². The van der Waals surface area contributed by atoms with Gasteiger partial charge in [0.25, 0.3) is 0 Å². The van der Waals surface area contributed by atoms with Gasteiger partial charge in [0.2, 0.25) is 0 Å². The number of allylic oxidation sites excluding steroid dienone is 10. The number of hydrogen-bond acceptors (Lipinski definition) is 1. The molecule has 1 spiro atoms. The second-order valence-electron chi connectivity index (χ2n) is 7.18. The van der Waals surface area contributed by atoms with Crippen LogP contribution in [0.25, 0.3) is 0 Å². The Morgan fingerprint density at radius 1 is 1.03 bits per heavy atom. The molecule has 2 aromatic carbocycles. The maximum Gasteiger partial charge on any atom is 0.0732 e. The van der Waals surface area contributed by atoms with Crippen molar-refractivity contribution in [3.05, 3.63) is 130 Å². The molecule has 2 aliphatic rings. The minimum absolute atomic E-state index is 0.388. The monoisotopic (exact) mass is 458 g/mol. The summed E-state index contributed by atoms with van der Waals surface area (Å²) in [6, 6.07) is 15.3. The van der Waals surface area contributed by atoms with Gasteiger partial charge in [0, 0.05) is 14.3 Å². The van der Waals surface area contributed by atoms with Crippen molar-refractivity contribution in [2.24, 2.45) is 0 Å². The minimum Gasteiger partial charge on any atom is -0.0991 e. The summed E-state index contributed by atoms with van der Waals surface area (Å²) in [5.74, 6) is 0. The van der Waals surface area contributed by atoms with Crippen molar-refractivity contribution in [2.45, 2.75) is 29.1 Å². The fourth-order valence-electron chi connectivity index (χ4n) is 4.46. The van der Waals surface area contributed by atoms with Crippen LogP contribution in [0.4, 0.5) is 0 Å². The Kier molecular flexibility index (Phi) is 5.42. The van der Waals surface area contributed by atoms with Gasteiger partial charge in [0.1, 0.15) is 0 Å². The van der Waals surface area contributed by atoms with E-state index in [1.807, 2.05) is 23.9 Å². The first kappa shape index (κ1) is 20.0. The number of benzene rings is 2. The molecule has 0 nitrogen and oxygen atoms in total. The molecule has 0 aromatic heterocycles. The molecule has 1 aliphatic heterocycles. The van der Waals surface area contributed by atoms with Crippen molar-refractivity contribution >= 4 is 27.7 Å². The van der Waals surface area contributed by atoms with Crippen molar-refractivity contribution in [3.63, 3.8) is 0 Å². The largest absolute Gasteiger partial charge is 0.0991 e. The Morgan fingerprint density at radius 3 is 2.55 bits per heavy atom. The second-order valence-corrected chi connectivity index (χ2v) is 9.09. The van der Waals surface area contributed by atoms with Gasteiger partial charge in [0.05, 0.1) is 5.41 Å². The molecule has 29 heavy (non-hydrogen) atoms. The summed E-state index contributed by atoms with van der Waals surface area (Å²) in [6.07, 6.45) is 12.5. The lowest BCUT2D eigenvalue weighted by Crippen LogP contribution is -2.33. The average molecular weight is 459 g/mol. The van der Waals surface area contributed by atoms with Gasteiger partial charge in [-0.2, -0.15) is 0 Å². The molecule has 1 unspecified atom stereocenters. The van der Waals surface area contributed by atoms with E-state index >= 15 is 0 Å². The van der Waals surface area contributed by atoms with Crippen LogP contribution in [0.1, 0.15) is 25.0 Å². The first-order valence-electron chi connectivity index (χ1n) is 9.67. The van der Waals surface area contributed by atoms with Crippen molar-refractivity contribution < 1.29 is 0 Å². The van der Waals surface area contributed by atoms with Gasteiger partial charge in [-0.3, -0.25) is 0 Å². The number of rotatable bonds is 3. The van der Waals surface area contributed by atoms with Crippen LogP contribution in [0.15, 0.2) is 129 Å². The number of fused-ring (bicyclic) bond motifs is 4. The fourth-order valence-corrected chi connectivity index (χ4v) is 6.26. The quantitative estimate of drug-likeness (QED) is 0.416. The maximum atomic E-state index is 4.51. The van der Waals surface area contributed by atoms with Gasteiger partial charge in [-0.1, -0.05) is 91.7 Å². The van der Waals surface area contributed by atoms with Gasteiger partial charge in [-0.25, -0.2) is 0 Å². The summed E-state index contributed by atoms with van der Waals surface area (Å²) < 4.78 is 1.13. The zero-order valence-electron chi connectivity index (χ0n) is 16.7. The molecular weight excluding hydrogens is 436 g/mol. The Balaban J connectivity index is 2.21. The Morgan fingerprint density at radius 2 is 1.79 bits per heavy atom. The van der Waals surface area contributed by atoms with E-state index in [0.717, 1.165) is 10.0 Å². The molecule has 0 radical (unpaired) electrons. The molecule has 4 rings (SSSR count). The van der Waals surface area contributed by atoms with Crippen LogP contribution in [-0.4, -0.2) is 0 Å². The van der Waals surface area contributed by atoms with Gasteiger partial charge in [-0.15, -0.1) is 0 Å². The average Bonchev–Trinajstić information content (AvgIpc) is 2.93. The van der Waals surface area contributed by atoms with Gasteiger partial charge in [-0.05, 0) is 75.3 Å². The normalized spacial score (nSPS) is 22.2. The Labute approximate surface area is 186 Å². The first-order valence-corrected chi connectivity index (χ1v) is 11.3. The molecule has 1 atom stereocenters. The third-order valence-corrected chi connectivity index (χ3v) is 7.86. The third kappa shape index (κ3) is 2.89. The van der Waals surface area contributed by atoms with Crippen molar-refractivity contribution in [3.8, 4) is 0 Å². The predicted molar refractivity (Wildman–Crippen MR) is 130 cm³/mol. The molecular formula is C27H23BrS. The number of hydrogen-bond donors (Lipinski definition) is 0. The Bertz CT molecular complexity index is 1140. The predicted octanol–water partition coefficient (Wildman–Crippen LogP) is 8.33. The summed E-state index contributed by atoms with van der Waals surface area (Å²) in [5.41, 5.74) is 7.06. The standard InChI is InChI=1S/C27H23BrS/c1-5-7-12-20-18(3)19(4)21(13-8-6-2)27(20)22-14-9-10-17-25(22)29-26-23(27)15-11-16-24(26)28/h5-17H,1,4H2,2-3H3/b8-6-,12-7-,21-13+. The first-order chi connectivity index (χ1) is 14.1. The zero-order valence-corrected chi connectivity index (χ0v) is 19.1. The molecule has 2 heteroatoms. The lowest BCUT2D eigenvalue weighted by Gasteiger charge is -2.41. The molecule has 0 saturated heterocycles. The van der Waals surface area contributed by atoms with E-state index in [9.17, 15) is 0 Å². The summed E-state index contributed by atoms with van der Waals surface area (Å²) in [5, 5.41) is 0. The molecule has 0 amide bonds. The van der Waals surface area contributed by atoms with Crippen LogP contribution < -0.4 is 0 Å². The molecule has 144 valence electrons. The zero-order chi connectivity index (χ0) is 20.6. The molecule has 0 saturated carbocycles. The highest BCUT2D eigenvalue weighted by molar-refractivity contribution is 9.10. The maximum absolute atomic E-state index is 4.51. The van der Waals surface area contributed by atoms with Crippen LogP contribution >= 0.6 is 27.7 Å². The summed E-state index contributed by atoms with van der Waals surface area (Å²) in [4.78, 5) is 2.55. The van der Waals surface area contributed by atoms with E-state index < -0.39 is 0 Å². The molecule has 1 heterocycles. The second kappa shape index (κ2) is 7.85. The van der Waals surface area contributed by atoms with Crippen LogP contribution in [-0.2, 0) is 5.41 Å². The van der Waals surface area contributed by atoms with Gasteiger partial charge < -0.3 is 0 Å². The van der Waals surface area contributed by atoms with Gasteiger partial charge >= 0.3 is 0 Å². The molecule has 1 aliphatic carbocycles. The van der Waals surface area contributed by atoms with Gasteiger partial charge in [0.15, 0.2) is 0 Å². The summed E-state index contributed by atoms with van der Waals surface area (Å²) in [7, 11) is 0. The van der Waals surface area contributed by atoms with E-state index in [0.29, 0.717) is 0 Å². The summed E-state index contributed by atoms with van der Waals surface area (Å²) >= 11 is 5.65. The third-order valence-electron chi connectivity index (χ3n) is 5.72. The van der Waals surface area contributed by atoms with E-state index in [-0.39, 0.29) is 5.41 Å². The molecule has 0 N–H and O–H groups in total. The minimum atomic E-state index is -0.388. The van der Waals surface area contributed by atoms with E-state index in [4.69, 9.17) is 0 Å². The lowest BCUT2D eigenvalue weighted by molar-refractivity contribution is 0.711. The van der Waals surface area contributed by atoms with Crippen molar-refractivity contribution in [2.75, 3.05) is 0 Å². The van der Waals surface area contributed by atoms with E-state index in [2.05, 4.69) is 110 Å². The smallest absolute Gasteiger partial charge is 0.0732 e. The molecule has 2 aromatic rings. The van der Waals surface area contributed by atoms with Crippen LogP contribution in [0.5, 0.6) is 0 Å². The molecule has 0 bridgehead atoms. The van der Waals surface area contributed by atoms with Crippen LogP contribution in [0.3, 0.4) is 0 Å². The highest BCUT2D eigenvalue weighted by atomic mass is 79.9. The topological polar surface area (TPSA) is 0 Å². The fraction of sp³-hybridized carbons (Fsp3) is 0.111. The van der Waals surface area contributed by atoms with E-state index in [1.165, 1.54) is 37.6 Å².